The third-order valence-corrected chi connectivity index (χ3v) is 11.9. The summed E-state index contributed by atoms with van der Waals surface area (Å²) in [5, 5.41) is 10.8. The van der Waals surface area contributed by atoms with Crippen molar-refractivity contribution >= 4 is 46.3 Å². The Kier molecular flexibility index (Phi) is 14.6. The summed E-state index contributed by atoms with van der Waals surface area (Å²) in [5.74, 6) is 0. The van der Waals surface area contributed by atoms with Gasteiger partial charge in [0.2, 0.25) is 0 Å². The topological polar surface area (TPSA) is 0 Å². The van der Waals surface area contributed by atoms with Gasteiger partial charge in [-0.2, -0.15) is 6.08 Å². The van der Waals surface area contributed by atoms with Crippen LogP contribution in [0.15, 0.2) is 194 Å². The number of halogens is 8. The minimum atomic E-state index is -4.36. The normalized spacial score (nSPS) is 12.0. The molecule has 9 aromatic rings. The zero-order valence-corrected chi connectivity index (χ0v) is 36.7. The SMILES string of the molecule is FC(F)(F)c1ccc(-c2ccc([C](=[Zr+2])c3ccc(-c4ccc(C(F)(F)F)cc4)cc3)cc2)cc1.[C-]1=CC=CC1.[Cl-].[Cl-].c1ccc2c(c1)[cH-]c1c3ccccc3c3ccccc3c21. The molecule has 1 aliphatic rings. The van der Waals surface area contributed by atoms with E-state index in [1.807, 2.05) is 60.7 Å². The van der Waals surface area contributed by atoms with Crippen LogP contribution in [0.2, 0.25) is 0 Å². The third-order valence-electron chi connectivity index (χ3n) is 10.5. The van der Waals surface area contributed by atoms with Gasteiger partial charge in [0.15, 0.2) is 0 Å². The average Bonchev–Trinajstić information content (AvgIpc) is 4.00. The van der Waals surface area contributed by atoms with E-state index in [1.54, 1.807) is 0 Å². The fourth-order valence-corrected chi connectivity index (χ4v) is 8.30. The van der Waals surface area contributed by atoms with Gasteiger partial charge in [-0.15, -0.1) is 40.1 Å². The molecule has 1 aliphatic carbocycles. The van der Waals surface area contributed by atoms with Gasteiger partial charge in [-0.05, 0) is 10.8 Å². The second-order valence-corrected chi connectivity index (χ2v) is 15.5. The Hall–Kier alpha value is -5.46. The van der Waals surface area contributed by atoms with E-state index >= 15 is 0 Å². The Bertz CT molecular complexity index is 2900. The smallest absolute Gasteiger partial charge is 0.0255 e. The second kappa shape index (κ2) is 19.7. The van der Waals surface area contributed by atoms with Crippen molar-refractivity contribution in [3.63, 3.8) is 0 Å². The maximum Gasteiger partial charge on any atom is -0.0255 e. The molecule has 0 heterocycles. The van der Waals surface area contributed by atoms with Crippen LogP contribution < -0.4 is 24.8 Å². The van der Waals surface area contributed by atoms with E-state index in [2.05, 4.69) is 91.0 Å². The van der Waals surface area contributed by atoms with E-state index in [-0.39, 0.29) is 24.8 Å². The Balaban J connectivity index is 0.000000193. The first kappa shape index (κ1) is 46.1. The van der Waals surface area contributed by atoms with Crippen molar-refractivity contribution in [3.8, 4) is 22.3 Å². The summed E-state index contributed by atoms with van der Waals surface area (Å²) in [7, 11) is 0. The van der Waals surface area contributed by atoms with Crippen molar-refractivity contribution in [3.05, 3.63) is 222 Å². The maximum atomic E-state index is 12.8. The number of rotatable bonds is 4. The molecule has 0 N–H and O–H groups in total. The number of hydrogen-bond donors (Lipinski definition) is 0. The van der Waals surface area contributed by atoms with Gasteiger partial charge in [-0.3, -0.25) is 6.08 Å². The zero-order valence-electron chi connectivity index (χ0n) is 32.7. The van der Waals surface area contributed by atoms with Crippen LogP contribution in [0.4, 0.5) is 26.3 Å². The summed E-state index contributed by atoms with van der Waals surface area (Å²) in [5.41, 5.74) is 3.67. The Morgan fingerprint density at radius 1 is 0.468 bits per heavy atom. The molecule has 0 unspecified atom stereocenters. The number of allylic oxidation sites excluding steroid dienone is 4. The van der Waals surface area contributed by atoms with Crippen LogP contribution in [0.5, 0.6) is 0 Å². The molecule has 308 valence electrons. The Labute approximate surface area is 382 Å². The van der Waals surface area contributed by atoms with Crippen molar-refractivity contribution in [1.29, 1.82) is 0 Å². The van der Waals surface area contributed by atoms with Crippen LogP contribution in [0.3, 0.4) is 0 Å². The molecule has 0 bridgehead atoms. The monoisotopic (exact) mass is 944 g/mol. The van der Waals surface area contributed by atoms with Gasteiger partial charge in [0.05, 0.1) is 0 Å². The molecule has 0 saturated carbocycles. The molecule has 0 amide bonds. The molecule has 0 nitrogen and oxygen atoms in total. The largest absolute Gasteiger partial charge is 1.00 e. The maximum absolute atomic E-state index is 12.8. The number of benzene rings is 8. The van der Waals surface area contributed by atoms with Gasteiger partial charge in [0, 0.05) is 0 Å². The third kappa shape index (κ3) is 10.1. The van der Waals surface area contributed by atoms with Crippen LogP contribution in [-0.2, 0) is 36.6 Å². The van der Waals surface area contributed by atoms with Gasteiger partial charge < -0.3 is 24.8 Å². The number of hydrogen-bond acceptors (Lipinski definition) is 0. The summed E-state index contributed by atoms with van der Waals surface area (Å²) in [6.07, 6.45) is 1.28. The van der Waals surface area contributed by atoms with Gasteiger partial charge in [-0.1, -0.05) is 77.5 Å². The predicted molar refractivity (Wildman–Crippen MR) is 231 cm³/mol. The molecule has 0 fully saturated rings. The van der Waals surface area contributed by atoms with E-state index in [1.165, 1.54) is 91.6 Å². The van der Waals surface area contributed by atoms with E-state index in [0.717, 1.165) is 56.1 Å². The molecule has 0 radical (unpaired) electrons. The van der Waals surface area contributed by atoms with Crippen molar-refractivity contribution < 1.29 is 75.4 Å². The first-order valence-electron chi connectivity index (χ1n) is 19.2. The minimum absolute atomic E-state index is 0. The molecule has 0 spiro atoms. The fraction of sp³-hybridized carbons (Fsp3) is 0.0566. The number of alkyl halides is 6. The van der Waals surface area contributed by atoms with Crippen LogP contribution in [-0.4, -0.2) is 3.21 Å². The van der Waals surface area contributed by atoms with Crippen LogP contribution >= 0.6 is 0 Å². The van der Waals surface area contributed by atoms with E-state index in [0.29, 0.717) is 11.1 Å². The van der Waals surface area contributed by atoms with Gasteiger partial charge in [-0.25, -0.2) is 12.2 Å². The van der Waals surface area contributed by atoms with Gasteiger partial charge >= 0.3 is 208 Å². The predicted octanol–water partition coefficient (Wildman–Crippen LogP) is 9.51. The fourth-order valence-electron chi connectivity index (χ4n) is 7.48. The van der Waals surface area contributed by atoms with Crippen molar-refractivity contribution in [2.24, 2.45) is 0 Å². The minimum Gasteiger partial charge on any atom is -1.00 e. The molecule has 0 saturated heterocycles. The molecule has 62 heavy (non-hydrogen) atoms. The van der Waals surface area contributed by atoms with Crippen LogP contribution in [0.1, 0.15) is 28.7 Å². The van der Waals surface area contributed by atoms with Gasteiger partial charge in [0.25, 0.3) is 0 Å². The summed E-state index contributed by atoms with van der Waals surface area (Å²) < 4.78 is 77.7. The van der Waals surface area contributed by atoms with E-state index in [4.69, 9.17) is 0 Å². The molecular weight excluding hydrogens is 913 g/mol. The molecule has 9 aromatic carbocycles. The second-order valence-electron chi connectivity index (χ2n) is 14.3. The molecule has 0 aliphatic heterocycles. The standard InChI is InChI=1S/C27H16F6.C21H13.C5H5.2ClH.Zr/c28-26(29,30)24-13-9-22(10-14-24)20-5-1-18(2-6-20)17-19-3-7-21(8-4-19)23-11-15-25(16-12-23)27(31,32)33;1-2-8-15-14(7-1)13-20-18-11-4-3-9-16(18)17-10-5-6-12-19(17)21(15)20;1-2-4-5-3-1;;;/h1-16H;1-13H;1-3H,4H2;2*1H;/q;2*-1;;;+2/p-2. The van der Waals surface area contributed by atoms with Crippen molar-refractivity contribution in [1.82, 2.24) is 0 Å². The molecule has 0 aromatic heterocycles. The average molecular weight is 947 g/mol. The Morgan fingerprint density at radius 2 is 0.855 bits per heavy atom. The van der Waals surface area contributed by atoms with E-state index < -0.39 is 23.5 Å². The Morgan fingerprint density at radius 3 is 1.26 bits per heavy atom. The summed E-state index contributed by atoms with van der Waals surface area (Å²) in [4.78, 5) is 0. The first-order chi connectivity index (χ1) is 29.0. The van der Waals surface area contributed by atoms with Crippen molar-refractivity contribution in [2.45, 2.75) is 18.8 Å². The summed E-state index contributed by atoms with van der Waals surface area (Å²) in [6.45, 7) is 0. The number of fused-ring (bicyclic) bond motifs is 8. The molecule has 0 atom stereocenters. The molecule has 9 heteroatoms. The molecular formula is C53H34Cl2F6Zr-2. The van der Waals surface area contributed by atoms with Crippen LogP contribution in [0, 0.1) is 6.08 Å². The summed E-state index contributed by atoms with van der Waals surface area (Å²) in [6, 6.07) is 53.8. The summed E-state index contributed by atoms with van der Waals surface area (Å²) >= 11 is 1.18. The van der Waals surface area contributed by atoms with Crippen LogP contribution in [0.25, 0.3) is 65.3 Å². The van der Waals surface area contributed by atoms with Crippen molar-refractivity contribution in [2.75, 3.05) is 0 Å². The quantitative estimate of drug-likeness (QED) is 0.0938. The first-order valence-corrected chi connectivity index (χ1v) is 20.4. The van der Waals surface area contributed by atoms with E-state index in [9.17, 15) is 26.3 Å². The zero-order chi connectivity index (χ0) is 41.9. The molecule has 10 rings (SSSR count). The van der Waals surface area contributed by atoms with Gasteiger partial charge in [0.1, 0.15) is 0 Å².